The van der Waals surface area contributed by atoms with Gasteiger partial charge >= 0.3 is 0 Å². The monoisotopic (exact) mass is 321 g/mol. The van der Waals surface area contributed by atoms with Gasteiger partial charge in [-0.05, 0) is 18.4 Å². The van der Waals surface area contributed by atoms with Crippen LogP contribution < -0.4 is 5.32 Å². The molecule has 0 saturated carbocycles. The highest BCUT2D eigenvalue weighted by atomic mass is 32.1. The lowest BCUT2D eigenvalue weighted by molar-refractivity contribution is -0.127. The summed E-state index contributed by atoms with van der Waals surface area (Å²) in [6.45, 7) is 1.94. The number of aromatic nitrogens is 1. The van der Waals surface area contributed by atoms with Crippen LogP contribution in [0.25, 0.3) is 0 Å². The van der Waals surface area contributed by atoms with Crippen molar-refractivity contribution in [3.8, 4) is 0 Å². The highest BCUT2D eigenvalue weighted by Gasteiger charge is 2.43. The fourth-order valence-corrected chi connectivity index (χ4v) is 4.16. The third kappa shape index (κ3) is 2.71. The quantitative estimate of drug-likeness (QED) is 0.945. The number of thiophene rings is 1. The van der Waals surface area contributed by atoms with E-state index in [-0.39, 0.29) is 30.2 Å². The van der Waals surface area contributed by atoms with E-state index < -0.39 is 0 Å². The van der Waals surface area contributed by atoms with Crippen LogP contribution in [-0.4, -0.2) is 28.7 Å². The number of hydrogen-bond acceptors (Lipinski definition) is 5. The number of amides is 2. The summed E-state index contributed by atoms with van der Waals surface area (Å²) in [5, 5.41) is 5.38. The van der Waals surface area contributed by atoms with Gasteiger partial charge in [-0.2, -0.15) is 0 Å². The summed E-state index contributed by atoms with van der Waals surface area (Å²) < 4.78 is 0. The van der Waals surface area contributed by atoms with Crippen LogP contribution in [0.4, 0.5) is 5.13 Å². The molecule has 3 rings (SSSR count). The number of nitrogens with zero attached hydrogens (tertiary/aromatic N) is 2. The summed E-state index contributed by atoms with van der Waals surface area (Å²) in [5.74, 6) is -0.505. The van der Waals surface area contributed by atoms with Crippen LogP contribution in [0.1, 0.15) is 22.2 Å². The van der Waals surface area contributed by atoms with Gasteiger partial charge in [0.05, 0.1) is 12.0 Å². The molecule has 0 bridgehead atoms. The molecular formula is C14H15N3O2S2. The predicted molar refractivity (Wildman–Crippen MR) is 83.4 cm³/mol. The second-order valence-electron chi connectivity index (χ2n) is 5.04. The lowest BCUT2D eigenvalue weighted by atomic mass is 9.98. The van der Waals surface area contributed by atoms with Gasteiger partial charge in [-0.15, -0.1) is 22.7 Å². The molecule has 2 amide bonds. The molecule has 1 fully saturated rings. The minimum Gasteiger partial charge on any atom is -0.337 e. The molecule has 1 aliphatic rings. The minimum atomic E-state index is -0.370. The number of hydrogen-bond donors (Lipinski definition) is 1. The SMILES string of the molecule is Cc1cnc(NC(=O)[C@H]2CC(=O)N(C)[C@H]2c2cccs2)s1. The number of anilines is 1. The molecule has 7 heteroatoms. The normalized spacial score (nSPS) is 21.8. The van der Waals surface area contributed by atoms with E-state index in [1.165, 1.54) is 11.3 Å². The maximum atomic E-state index is 12.5. The lowest BCUT2D eigenvalue weighted by Gasteiger charge is -2.23. The van der Waals surface area contributed by atoms with Crippen LogP contribution in [0.3, 0.4) is 0 Å². The van der Waals surface area contributed by atoms with Gasteiger partial charge in [0.15, 0.2) is 5.13 Å². The van der Waals surface area contributed by atoms with Crippen molar-refractivity contribution in [1.82, 2.24) is 9.88 Å². The number of aryl methyl sites for hydroxylation is 1. The predicted octanol–water partition coefficient (Wildman–Crippen LogP) is 2.67. The zero-order valence-electron chi connectivity index (χ0n) is 11.7. The summed E-state index contributed by atoms with van der Waals surface area (Å²) >= 11 is 3.01. The van der Waals surface area contributed by atoms with Gasteiger partial charge in [0.1, 0.15) is 0 Å². The van der Waals surface area contributed by atoms with Gasteiger partial charge in [-0.1, -0.05) is 6.07 Å². The van der Waals surface area contributed by atoms with Gasteiger partial charge in [0.25, 0.3) is 0 Å². The van der Waals surface area contributed by atoms with Crippen molar-refractivity contribution in [3.05, 3.63) is 33.5 Å². The molecule has 2 atom stereocenters. The van der Waals surface area contributed by atoms with E-state index in [1.54, 1.807) is 29.5 Å². The molecule has 3 heterocycles. The fraction of sp³-hybridized carbons (Fsp3) is 0.357. The number of carbonyl (C=O) groups is 2. The Balaban J connectivity index is 1.82. The van der Waals surface area contributed by atoms with Gasteiger partial charge in [-0.25, -0.2) is 4.98 Å². The summed E-state index contributed by atoms with van der Waals surface area (Å²) in [4.78, 5) is 32.4. The average molecular weight is 321 g/mol. The van der Waals surface area contributed by atoms with Crippen LogP contribution in [0.5, 0.6) is 0 Å². The fourth-order valence-electron chi connectivity index (χ4n) is 2.56. The van der Waals surface area contributed by atoms with Gasteiger partial charge in [0, 0.05) is 29.4 Å². The molecule has 0 aromatic carbocycles. The average Bonchev–Trinajstić information content (AvgIpc) is 3.14. The van der Waals surface area contributed by atoms with E-state index in [4.69, 9.17) is 0 Å². The van der Waals surface area contributed by atoms with E-state index in [1.807, 2.05) is 24.4 Å². The first-order valence-corrected chi connectivity index (χ1v) is 8.28. The first-order chi connectivity index (χ1) is 10.1. The Bertz CT molecular complexity index is 666. The van der Waals surface area contributed by atoms with Crippen LogP contribution in [0.2, 0.25) is 0 Å². The maximum Gasteiger partial charge on any atom is 0.232 e. The van der Waals surface area contributed by atoms with E-state index in [0.717, 1.165) is 9.75 Å². The first kappa shape index (κ1) is 14.2. The van der Waals surface area contributed by atoms with E-state index >= 15 is 0 Å². The molecule has 1 aliphatic heterocycles. The van der Waals surface area contributed by atoms with Crippen molar-refractivity contribution in [1.29, 1.82) is 0 Å². The zero-order valence-corrected chi connectivity index (χ0v) is 13.3. The molecule has 0 radical (unpaired) electrons. The molecule has 1 saturated heterocycles. The Morgan fingerprint density at radius 1 is 1.52 bits per heavy atom. The summed E-state index contributed by atoms with van der Waals surface area (Å²) in [7, 11) is 1.76. The Hall–Kier alpha value is -1.73. The third-order valence-electron chi connectivity index (χ3n) is 3.61. The Kier molecular flexibility index (Phi) is 3.77. The maximum absolute atomic E-state index is 12.5. The number of likely N-dealkylation sites (tertiary alicyclic amines) is 1. The molecule has 0 spiro atoms. The second-order valence-corrected chi connectivity index (χ2v) is 7.25. The van der Waals surface area contributed by atoms with Gasteiger partial charge < -0.3 is 10.2 Å². The number of carbonyl (C=O) groups excluding carboxylic acids is 2. The van der Waals surface area contributed by atoms with Gasteiger partial charge in [-0.3, -0.25) is 9.59 Å². The van der Waals surface area contributed by atoms with Crippen LogP contribution in [-0.2, 0) is 9.59 Å². The van der Waals surface area contributed by atoms with Crippen molar-refractivity contribution in [3.63, 3.8) is 0 Å². The summed E-state index contributed by atoms with van der Waals surface area (Å²) in [5.41, 5.74) is 0. The molecule has 110 valence electrons. The molecule has 0 unspecified atom stereocenters. The zero-order chi connectivity index (χ0) is 15.0. The Morgan fingerprint density at radius 2 is 2.33 bits per heavy atom. The number of rotatable bonds is 3. The molecular weight excluding hydrogens is 306 g/mol. The van der Waals surface area contributed by atoms with Crippen molar-refractivity contribution in [2.45, 2.75) is 19.4 Å². The van der Waals surface area contributed by atoms with E-state index in [2.05, 4.69) is 10.3 Å². The van der Waals surface area contributed by atoms with Crippen molar-refractivity contribution in [2.75, 3.05) is 12.4 Å². The van der Waals surface area contributed by atoms with E-state index in [0.29, 0.717) is 5.13 Å². The molecule has 0 aliphatic carbocycles. The van der Waals surface area contributed by atoms with Crippen molar-refractivity contribution in [2.24, 2.45) is 5.92 Å². The standard InChI is InChI=1S/C14H15N3O2S2/c1-8-7-15-14(21-8)16-13(19)9-6-11(18)17(2)12(9)10-4-3-5-20-10/h3-5,7,9,12H,6H2,1-2H3,(H,15,16,19)/t9-,12+/m0/s1. The molecule has 2 aromatic rings. The first-order valence-electron chi connectivity index (χ1n) is 6.58. The van der Waals surface area contributed by atoms with Crippen LogP contribution >= 0.6 is 22.7 Å². The number of nitrogens with one attached hydrogen (secondary N) is 1. The molecule has 1 N–H and O–H groups in total. The third-order valence-corrected chi connectivity index (χ3v) is 5.38. The largest absolute Gasteiger partial charge is 0.337 e. The van der Waals surface area contributed by atoms with Crippen molar-refractivity contribution < 1.29 is 9.59 Å². The Labute approximate surface area is 130 Å². The van der Waals surface area contributed by atoms with Crippen LogP contribution in [0, 0.1) is 12.8 Å². The van der Waals surface area contributed by atoms with Crippen LogP contribution in [0.15, 0.2) is 23.7 Å². The van der Waals surface area contributed by atoms with Crippen molar-refractivity contribution >= 4 is 39.6 Å². The lowest BCUT2D eigenvalue weighted by Crippen LogP contribution is -2.29. The summed E-state index contributed by atoms with van der Waals surface area (Å²) in [6, 6.07) is 3.73. The number of thiazole rings is 1. The smallest absolute Gasteiger partial charge is 0.232 e. The topological polar surface area (TPSA) is 62.3 Å². The Morgan fingerprint density at radius 3 is 2.95 bits per heavy atom. The van der Waals surface area contributed by atoms with Gasteiger partial charge in [0.2, 0.25) is 11.8 Å². The highest BCUT2D eigenvalue weighted by molar-refractivity contribution is 7.15. The minimum absolute atomic E-state index is 0.00358. The summed E-state index contributed by atoms with van der Waals surface area (Å²) in [6.07, 6.45) is 1.97. The highest BCUT2D eigenvalue weighted by Crippen LogP contribution is 2.39. The molecule has 5 nitrogen and oxygen atoms in total. The molecule has 21 heavy (non-hydrogen) atoms. The second kappa shape index (κ2) is 5.57. The van der Waals surface area contributed by atoms with E-state index in [9.17, 15) is 9.59 Å². The molecule has 2 aromatic heterocycles.